The second-order valence-corrected chi connectivity index (χ2v) is 15.3. The van der Waals surface area contributed by atoms with Crippen LogP contribution in [0.1, 0.15) is 111 Å². The highest BCUT2D eigenvalue weighted by Crippen LogP contribution is 2.37. The van der Waals surface area contributed by atoms with Crippen molar-refractivity contribution in [2.45, 2.75) is 102 Å². The molecule has 3 atom stereocenters. The predicted molar refractivity (Wildman–Crippen MR) is 187 cm³/mol. The van der Waals surface area contributed by atoms with Crippen LogP contribution in [0.15, 0.2) is 53.4 Å². The Morgan fingerprint density at radius 1 is 0.761 bits per heavy atom. The molecule has 1 heterocycles. The average Bonchev–Trinajstić information content (AvgIpc) is 3.37. The molecule has 0 saturated carbocycles. The lowest BCUT2D eigenvalue weighted by Gasteiger charge is -2.28. The summed E-state index contributed by atoms with van der Waals surface area (Å²) in [7, 11) is 0. The molecule has 0 saturated heterocycles. The van der Waals surface area contributed by atoms with Gasteiger partial charge in [-0.05, 0) is 65.0 Å². The summed E-state index contributed by atoms with van der Waals surface area (Å²) < 4.78 is 0. The molecule has 0 bridgehead atoms. The first-order chi connectivity index (χ1) is 20.5. The van der Waals surface area contributed by atoms with Gasteiger partial charge in [0.25, 0.3) is 0 Å². The topological polar surface area (TPSA) is 145 Å². The average molecular weight is 658 g/mol. The molecule has 0 spiro atoms. The summed E-state index contributed by atoms with van der Waals surface area (Å²) in [4.78, 5) is 38.0. The molecule has 9 heteroatoms. The molecule has 256 valence electrons. The summed E-state index contributed by atoms with van der Waals surface area (Å²) in [6.07, 6.45) is 0.516. The monoisotopic (exact) mass is 657 g/mol. The highest BCUT2D eigenvalue weighted by Gasteiger charge is 2.33. The van der Waals surface area contributed by atoms with E-state index in [-0.39, 0.29) is 52.8 Å². The molecule has 46 heavy (non-hydrogen) atoms. The fraction of sp³-hybridized carbons (Fsp3) is 0.514. The fourth-order valence-electron chi connectivity index (χ4n) is 5.19. The van der Waals surface area contributed by atoms with Gasteiger partial charge in [-0.15, -0.1) is 11.3 Å². The molecule has 0 aliphatic rings. The maximum absolute atomic E-state index is 11.6. The van der Waals surface area contributed by atoms with Gasteiger partial charge in [-0.25, -0.2) is 4.98 Å². The lowest BCUT2D eigenvalue weighted by atomic mass is 9.74. The summed E-state index contributed by atoms with van der Waals surface area (Å²) in [5.41, 5.74) is 4.33. The quantitative estimate of drug-likeness (QED) is 0.197. The minimum atomic E-state index is -0.836. The first kappa shape index (κ1) is 42.3. The fourth-order valence-corrected chi connectivity index (χ4v) is 5.77. The second-order valence-electron chi connectivity index (χ2n) is 14.6. The number of carboxylic acid groups (broad SMARTS) is 2. The zero-order valence-electron chi connectivity index (χ0n) is 28.5. The number of ketones is 1. The van der Waals surface area contributed by atoms with Crippen molar-refractivity contribution >= 4 is 29.1 Å². The Labute approximate surface area is 279 Å². The number of thiazole rings is 1. The van der Waals surface area contributed by atoms with E-state index < -0.39 is 17.9 Å². The Balaban J connectivity index is 0.000000655. The number of rotatable bonds is 7. The van der Waals surface area contributed by atoms with Crippen LogP contribution in [0, 0.1) is 29.1 Å². The Hall–Kier alpha value is -3.72. The highest BCUT2D eigenvalue weighted by molar-refractivity contribution is 7.07. The van der Waals surface area contributed by atoms with Crippen LogP contribution in [-0.4, -0.2) is 43.1 Å². The van der Waals surface area contributed by atoms with Gasteiger partial charge in [0.15, 0.2) is 0 Å². The van der Waals surface area contributed by atoms with Crippen molar-refractivity contribution in [3.63, 3.8) is 0 Å². The standard InChI is InChI=1S/C13H18O3.C13H18O2.C10H15NO2S.CH4/c1-8-7-9(5-6-10(8)14)11(12(15)16)13(2,3)4;1-9(14)12(13(2,3)4)10-5-7-11(15)8-6-10;1-10(2,3)8(9(12)13)4-7-5-14-6-11-7;/h5-7,11,14H,1-4H3,(H,15,16);5-8,12,15H,1-4H3;5-6,8H,4H2,1-3H3,(H,12,13);1H4/t;12-;8-;/m.10./s1. The van der Waals surface area contributed by atoms with Gasteiger partial charge in [0.2, 0.25) is 0 Å². The maximum Gasteiger partial charge on any atom is 0.311 e. The van der Waals surface area contributed by atoms with Crippen LogP contribution in [0.3, 0.4) is 0 Å². The Morgan fingerprint density at radius 3 is 1.61 bits per heavy atom. The molecule has 0 fully saturated rings. The molecule has 1 unspecified atom stereocenters. The van der Waals surface area contributed by atoms with Crippen molar-refractivity contribution in [1.82, 2.24) is 4.98 Å². The van der Waals surface area contributed by atoms with Crippen LogP contribution in [0.2, 0.25) is 0 Å². The lowest BCUT2D eigenvalue weighted by molar-refractivity contribution is -0.145. The van der Waals surface area contributed by atoms with Gasteiger partial charge in [-0.3, -0.25) is 14.4 Å². The van der Waals surface area contributed by atoms with Crippen molar-refractivity contribution < 1.29 is 34.8 Å². The van der Waals surface area contributed by atoms with Gasteiger partial charge in [0.05, 0.1) is 23.0 Å². The molecule has 1 aromatic heterocycles. The van der Waals surface area contributed by atoms with E-state index in [2.05, 4.69) is 4.98 Å². The lowest BCUT2D eigenvalue weighted by Crippen LogP contribution is -2.30. The molecule has 0 radical (unpaired) electrons. The third-order valence-electron chi connectivity index (χ3n) is 7.41. The molecular weight excluding hydrogens is 602 g/mol. The molecule has 0 aliphatic heterocycles. The number of carboxylic acids is 2. The molecule has 0 aliphatic carbocycles. The first-order valence-electron chi connectivity index (χ1n) is 14.9. The molecular formula is C37H55NO7S. The van der Waals surface area contributed by atoms with Crippen LogP contribution < -0.4 is 0 Å². The number of phenolic OH excluding ortho intramolecular Hbond substituents is 2. The second kappa shape index (κ2) is 17.3. The molecule has 8 nitrogen and oxygen atoms in total. The molecule has 3 aromatic rings. The summed E-state index contributed by atoms with van der Waals surface area (Å²) in [6.45, 7) is 21.0. The van der Waals surface area contributed by atoms with Crippen LogP contribution >= 0.6 is 11.3 Å². The normalized spacial score (nSPS) is 13.4. The van der Waals surface area contributed by atoms with E-state index in [0.29, 0.717) is 12.0 Å². The number of aromatic nitrogens is 1. The van der Waals surface area contributed by atoms with E-state index in [0.717, 1.165) is 16.8 Å². The Morgan fingerprint density at radius 2 is 1.26 bits per heavy atom. The summed E-state index contributed by atoms with van der Waals surface area (Å²) >= 11 is 1.50. The van der Waals surface area contributed by atoms with Crippen LogP contribution in [-0.2, 0) is 20.8 Å². The number of nitrogens with zero attached hydrogens (tertiary/aromatic N) is 1. The van der Waals surface area contributed by atoms with Gasteiger partial charge < -0.3 is 20.4 Å². The van der Waals surface area contributed by atoms with Gasteiger partial charge in [-0.2, -0.15) is 0 Å². The third-order valence-corrected chi connectivity index (χ3v) is 8.04. The number of Topliss-reactive ketones (excluding diaryl/α,β-unsaturated/α-hetero) is 1. The molecule has 4 N–H and O–H groups in total. The predicted octanol–water partition coefficient (Wildman–Crippen LogP) is 9.09. The number of hydrogen-bond donors (Lipinski definition) is 4. The Kier molecular flexibility index (Phi) is 15.9. The Bertz CT molecular complexity index is 1390. The summed E-state index contributed by atoms with van der Waals surface area (Å²) in [6, 6.07) is 11.8. The zero-order chi connectivity index (χ0) is 34.9. The zero-order valence-corrected chi connectivity index (χ0v) is 29.3. The smallest absolute Gasteiger partial charge is 0.311 e. The van der Waals surface area contributed by atoms with E-state index >= 15 is 0 Å². The number of aliphatic carboxylic acids is 2. The van der Waals surface area contributed by atoms with Gasteiger partial charge in [0.1, 0.15) is 17.3 Å². The number of phenols is 2. The van der Waals surface area contributed by atoms with Crippen molar-refractivity contribution in [2.24, 2.45) is 22.2 Å². The van der Waals surface area contributed by atoms with E-state index in [1.54, 1.807) is 49.7 Å². The van der Waals surface area contributed by atoms with Crippen LogP contribution in [0.4, 0.5) is 0 Å². The van der Waals surface area contributed by atoms with Gasteiger partial charge in [0, 0.05) is 17.7 Å². The van der Waals surface area contributed by atoms with Gasteiger partial charge >= 0.3 is 11.9 Å². The molecule has 0 amide bonds. The first-order valence-corrected chi connectivity index (χ1v) is 15.8. The van der Waals surface area contributed by atoms with Crippen molar-refractivity contribution in [1.29, 1.82) is 0 Å². The van der Waals surface area contributed by atoms with Gasteiger partial charge in [-0.1, -0.05) is 94.0 Å². The van der Waals surface area contributed by atoms with E-state index in [4.69, 9.17) is 5.11 Å². The van der Waals surface area contributed by atoms with Crippen molar-refractivity contribution in [3.05, 3.63) is 75.7 Å². The summed E-state index contributed by atoms with van der Waals surface area (Å²) in [5, 5.41) is 38.9. The van der Waals surface area contributed by atoms with Crippen molar-refractivity contribution in [2.75, 3.05) is 0 Å². The highest BCUT2D eigenvalue weighted by atomic mass is 32.1. The summed E-state index contributed by atoms with van der Waals surface area (Å²) in [5.74, 6) is -2.04. The maximum atomic E-state index is 11.6. The van der Waals surface area contributed by atoms with Crippen molar-refractivity contribution in [3.8, 4) is 11.5 Å². The largest absolute Gasteiger partial charge is 0.508 e. The molecule has 2 aromatic carbocycles. The van der Waals surface area contributed by atoms with E-state index in [1.165, 1.54) is 11.3 Å². The number of carbonyl (C=O) groups is 3. The van der Waals surface area contributed by atoms with Crippen LogP contribution in [0.5, 0.6) is 11.5 Å². The van der Waals surface area contributed by atoms with E-state index in [9.17, 15) is 29.7 Å². The van der Waals surface area contributed by atoms with Crippen LogP contribution in [0.25, 0.3) is 0 Å². The third kappa shape index (κ3) is 13.3. The SMILES string of the molecule is C.CC(=O)[C@H](c1ccc(O)cc1)C(C)(C)C.CC(C)(C)[C@@H](Cc1cscn1)C(=O)O.Cc1cc(C(C(=O)O)C(C)(C)C)ccc1O. The number of aryl methyl sites for hydroxylation is 1. The minimum Gasteiger partial charge on any atom is -0.508 e. The minimum absolute atomic E-state index is 0. The number of aromatic hydroxyl groups is 2. The number of benzene rings is 2. The number of carbonyl (C=O) groups excluding carboxylic acids is 1. The van der Waals surface area contributed by atoms with E-state index in [1.807, 2.05) is 79.8 Å². The molecule has 3 rings (SSSR count). The number of hydrogen-bond acceptors (Lipinski definition) is 7.